The first kappa shape index (κ1) is 24.3. The Kier molecular flexibility index (Phi) is 7.76. The lowest BCUT2D eigenvalue weighted by molar-refractivity contribution is -0.140. The summed E-state index contributed by atoms with van der Waals surface area (Å²) >= 11 is 0. The molecule has 1 fully saturated rings. The molecule has 1 saturated heterocycles. The van der Waals surface area contributed by atoms with Gasteiger partial charge in [-0.05, 0) is 62.8 Å². The van der Waals surface area contributed by atoms with E-state index >= 15 is 0 Å². The molecule has 2 aromatic carbocycles. The van der Waals surface area contributed by atoms with E-state index in [9.17, 15) is 19.8 Å². The molecule has 3 rings (SSSR count). The van der Waals surface area contributed by atoms with Crippen molar-refractivity contribution >= 4 is 17.4 Å². The van der Waals surface area contributed by atoms with Crippen molar-refractivity contribution < 1.29 is 24.5 Å². The number of likely N-dealkylation sites (tertiary alicyclic amines) is 1. The van der Waals surface area contributed by atoms with Crippen molar-refractivity contribution in [2.24, 2.45) is 0 Å². The summed E-state index contributed by atoms with van der Waals surface area (Å²) in [6.07, 6.45) is 0.692. The van der Waals surface area contributed by atoms with Gasteiger partial charge in [0.15, 0.2) is 0 Å². The largest absolute Gasteiger partial charge is 0.507 e. The molecule has 1 aliphatic rings. The predicted octanol–water partition coefficient (Wildman–Crippen LogP) is 3.86. The van der Waals surface area contributed by atoms with Crippen LogP contribution in [0.2, 0.25) is 0 Å². The number of phenolic OH excluding ortho intramolecular Hbond substituents is 1. The molecule has 7 heteroatoms. The summed E-state index contributed by atoms with van der Waals surface area (Å²) in [4.78, 5) is 29.9. The van der Waals surface area contributed by atoms with Crippen molar-refractivity contribution in [2.75, 3.05) is 33.3 Å². The summed E-state index contributed by atoms with van der Waals surface area (Å²) < 4.78 is 5.24. The molecule has 1 heterocycles. The molecular formula is C26H32N2O5. The van der Waals surface area contributed by atoms with E-state index in [0.29, 0.717) is 24.3 Å². The van der Waals surface area contributed by atoms with Crippen molar-refractivity contribution in [2.45, 2.75) is 33.2 Å². The first-order valence-corrected chi connectivity index (χ1v) is 11.3. The molecule has 0 bridgehead atoms. The first-order chi connectivity index (χ1) is 15.8. The number of aliphatic hydroxyl groups excluding tert-OH is 1. The van der Waals surface area contributed by atoms with Gasteiger partial charge < -0.3 is 24.7 Å². The Morgan fingerprint density at radius 3 is 2.36 bits per heavy atom. The van der Waals surface area contributed by atoms with Crippen molar-refractivity contribution in [3.05, 3.63) is 64.7 Å². The van der Waals surface area contributed by atoms with Crippen LogP contribution in [0.5, 0.6) is 11.5 Å². The summed E-state index contributed by atoms with van der Waals surface area (Å²) in [5.41, 5.74) is 1.61. The van der Waals surface area contributed by atoms with Crippen molar-refractivity contribution in [1.82, 2.24) is 9.80 Å². The summed E-state index contributed by atoms with van der Waals surface area (Å²) in [6, 6.07) is 11.1. The van der Waals surface area contributed by atoms with E-state index in [4.69, 9.17) is 4.74 Å². The minimum Gasteiger partial charge on any atom is -0.507 e. The minimum atomic E-state index is -0.757. The highest BCUT2D eigenvalue weighted by molar-refractivity contribution is 6.46. The maximum absolute atomic E-state index is 13.1. The molecule has 0 aromatic heterocycles. The number of aliphatic hydroxyl groups is 1. The fraction of sp³-hybridized carbons (Fsp3) is 0.385. The van der Waals surface area contributed by atoms with Gasteiger partial charge in [-0.25, -0.2) is 0 Å². The summed E-state index contributed by atoms with van der Waals surface area (Å²) in [5, 5.41) is 21.5. The van der Waals surface area contributed by atoms with Crippen LogP contribution in [0.15, 0.2) is 48.0 Å². The highest BCUT2D eigenvalue weighted by Gasteiger charge is 2.46. The zero-order chi connectivity index (χ0) is 24.1. The van der Waals surface area contributed by atoms with Crippen LogP contribution in [-0.4, -0.2) is 65.0 Å². The minimum absolute atomic E-state index is 0.0195. The third kappa shape index (κ3) is 5.03. The molecule has 1 amide bonds. The number of benzene rings is 2. The number of amides is 1. The molecule has 1 aliphatic heterocycles. The second-order valence-electron chi connectivity index (χ2n) is 8.17. The smallest absolute Gasteiger partial charge is 0.295 e. The maximum atomic E-state index is 13.1. The van der Waals surface area contributed by atoms with Gasteiger partial charge in [0.25, 0.3) is 11.7 Å². The highest BCUT2D eigenvalue weighted by Crippen LogP contribution is 2.41. The number of ether oxygens (including phenoxy) is 1. The van der Waals surface area contributed by atoms with Crippen LogP contribution in [-0.2, 0) is 9.59 Å². The fourth-order valence-electron chi connectivity index (χ4n) is 4.23. The molecule has 0 spiro atoms. The number of methoxy groups -OCH3 is 1. The van der Waals surface area contributed by atoms with Crippen LogP contribution in [0.25, 0.3) is 5.76 Å². The number of phenols is 1. The van der Waals surface area contributed by atoms with Gasteiger partial charge in [0.1, 0.15) is 17.3 Å². The van der Waals surface area contributed by atoms with Crippen molar-refractivity contribution in [3.63, 3.8) is 0 Å². The van der Waals surface area contributed by atoms with Gasteiger partial charge in [0.2, 0.25) is 0 Å². The molecular weight excluding hydrogens is 420 g/mol. The fourth-order valence-corrected chi connectivity index (χ4v) is 4.23. The molecule has 7 nitrogen and oxygen atoms in total. The number of hydrogen-bond acceptors (Lipinski definition) is 6. The van der Waals surface area contributed by atoms with Crippen LogP contribution < -0.4 is 4.74 Å². The van der Waals surface area contributed by atoms with E-state index in [1.54, 1.807) is 43.5 Å². The normalized spacial score (nSPS) is 17.7. The Bertz CT molecular complexity index is 1040. The lowest BCUT2D eigenvalue weighted by Gasteiger charge is -2.27. The average Bonchev–Trinajstić information content (AvgIpc) is 3.08. The Balaban J connectivity index is 2.07. The van der Waals surface area contributed by atoms with Crippen LogP contribution in [0.4, 0.5) is 0 Å². The molecule has 1 unspecified atom stereocenters. The third-order valence-corrected chi connectivity index (χ3v) is 6.15. The van der Waals surface area contributed by atoms with Gasteiger partial charge in [0.05, 0.1) is 24.3 Å². The van der Waals surface area contributed by atoms with E-state index in [1.165, 1.54) is 11.0 Å². The van der Waals surface area contributed by atoms with Gasteiger partial charge in [-0.2, -0.15) is 0 Å². The third-order valence-electron chi connectivity index (χ3n) is 6.15. The van der Waals surface area contributed by atoms with Crippen LogP contribution in [0.1, 0.15) is 43.0 Å². The summed E-state index contributed by atoms with van der Waals surface area (Å²) in [6.45, 7) is 8.97. The van der Waals surface area contributed by atoms with Crippen molar-refractivity contribution in [1.29, 1.82) is 0 Å². The lowest BCUT2D eigenvalue weighted by Crippen LogP contribution is -2.33. The highest BCUT2D eigenvalue weighted by atomic mass is 16.5. The number of rotatable bonds is 9. The zero-order valence-electron chi connectivity index (χ0n) is 19.7. The van der Waals surface area contributed by atoms with Gasteiger partial charge in [0, 0.05) is 6.54 Å². The number of carbonyl (C=O) groups excluding carboxylic acids is 2. The zero-order valence-corrected chi connectivity index (χ0v) is 19.7. The molecule has 176 valence electrons. The molecule has 1 atom stereocenters. The monoisotopic (exact) mass is 452 g/mol. The van der Waals surface area contributed by atoms with Gasteiger partial charge in [-0.15, -0.1) is 0 Å². The Morgan fingerprint density at radius 2 is 1.76 bits per heavy atom. The van der Waals surface area contributed by atoms with Gasteiger partial charge in [-0.3, -0.25) is 9.59 Å². The van der Waals surface area contributed by atoms with E-state index < -0.39 is 17.7 Å². The number of aryl methyl sites for hydroxylation is 1. The van der Waals surface area contributed by atoms with E-state index in [2.05, 4.69) is 18.7 Å². The first-order valence-electron chi connectivity index (χ1n) is 11.3. The average molecular weight is 453 g/mol. The van der Waals surface area contributed by atoms with E-state index in [1.807, 2.05) is 6.92 Å². The molecule has 0 radical (unpaired) electrons. The van der Waals surface area contributed by atoms with Gasteiger partial charge >= 0.3 is 0 Å². The Morgan fingerprint density at radius 1 is 1.09 bits per heavy atom. The van der Waals surface area contributed by atoms with Crippen LogP contribution in [0, 0.1) is 6.92 Å². The number of nitrogens with zero attached hydrogens (tertiary/aromatic N) is 2. The Hall–Kier alpha value is -3.32. The molecule has 0 saturated carbocycles. The predicted molar refractivity (Wildman–Crippen MR) is 127 cm³/mol. The molecule has 2 N–H and O–H groups in total. The summed E-state index contributed by atoms with van der Waals surface area (Å²) in [5.74, 6) is -1.28. The SMILES string of the molecule is CCN(CC)CCCN1C(=O)C(=O)C(=C(O)c2cc(C)ccc2O)C1c1ccc(OC)cc1. The molecule has 0 aliphatic carbocycles. The number of Topliss-reactive ketones (excluding diaryl/α,β-unsaturated/α-hetero) is 1. The van der Waals surface area contributed by atoms with E-state index in [-0.39, 0.29) is 22.6 Å². The van der Waals surface area contributed by atoms with Crippen LogP contribution >= 0.6 is 0 Å². The standard InChI is InChI=1S/C26H32N2O5/c1-5-27(6-2)14-7-15-28-23(18-9-11-19(33-4)12-10-18)22(25(31)26(28)32)24(30)20-16-17(3)8-13-21(20)29/h8-13,16,23,29-30H,5-7,14-15H2,1-4H3. The quantitative estimate of drug-likeness (QED) is 0.341. The topological polar surface area (TPSA) is 90.3 Å². The lowest BCUT2D eigenvalue weighted by atomic mass is 9.94. The number of carbonyl (C=O) groups is 2. The van der Waals surface area contributed by atoms with Crippen molar-refractivity contribution in [3.8, 4) is 11.5 Å². The summed E-state index contributed by atoms with van der Waals surface area (Å²) in [7, 11) is 1.56. The van der Waals surface area contributed by atoms with Crippen LogP contribution in [0.3, 0.4) is 0 Å². The Labute approximate surface area is 194 Å². The number of ketones is 1. The van der Waals surface area contributed by atoms with Gasteiger partial charge in [-0.1, -0.05) is 37.6 Å². The molecule has 2 aromatic rings. The maximum Gasteiger partial charge on any atom is 0.295 e. The molecule has 33 heavy (non-hydrogen) atoms. The second kappa shape index (κ2) is 10.5. The second-order valence-corrected chi connectivity index (χ2v) is 8.17. The van der Waals surface area contributed by atoms with E-state index in [0.717, 1.165) is 25.2 Å². The number of hydrogen-bond donors (Lipinski definition) is 2. The number of aromatic hydroxyl groups is 1.